The highest BCUT2D eigenvalue weighted by molar-refractivity contribution is 7.84. The molecule has 0 radical (unpaired) electrons. The highest BCUT2D eigenvalue weighted by Crippen LogP contribution is 2.53. The second kappa shape index (κ2) is 13.0. The van der Waals surface area contributed by atoms with E-state index in [1.54, 1.807) is 6.07 Å². The maximum atomic E-state index is 13.1. The summed E-state index contributed by atoms with van der Waals surface area (Å²) in [4.78, 5) is 15.5. The highest BCUT2D eigenvalue weighted by atomic mass is 35.5. The van der Waals surface area contributed by atoms with Crippen molar-refractivity contribution in [2.45, 2.75) is 89.4 Å². The molecule has 2 aliphatic heterocycles. The van der Waals surface area contributed by atoms with Crippen molar-refractivity contribution in [3.63, 3.8) is 0 Å². The molecule has 5 rings (SSSR count). The molecule has 1 N–H and O–H groups in total. The Morgan fingerprint density at radius 3 is 2.63 bits per heavy atom. The molecule has 2 heterocycles. The first-order valence-electron chi connectivity index (χ1n) is 15.4. The van der Waals surface area contributed by atoms with E-state index < -0.39 is 11.0 Å². The van der Waals surface area contributed by atoms with Crippen molar-refractivity contribution in [3.8, 4) is 5.75 Å². The van der Waals surface area contributed by atoms with E-state index in [4.69, 9.17) is 21.1 Å². The molecule has 224 valence electrons. The molecule has 1 aliphatic carbocycles. The minimum absolute atomic E-state index is 0.0661. The Hall–Kier alpha value is -2.09. The Morgan fingerprint density at radius 2 is 1.98 bits per heavy atom. The van der Waals surface area contributed by atoms with Crippen LogP contribution in [0.3, 0.4) is 0 Å². The molecule has 0 aromatic heterocycles. The van der Waals surface area contributed by atoms with Gasteiger partial charge in [0.25, 0.3) is 5.91 Å². The van der Waals surface area contributed by atoms with Gasteiger partial charge in [0.2, 0.25) is 0 Å². The summed E-state index contributed by atoms with van der Waals surface area (Å²) in [5.74, 6) is 1.74. The van der Waals surface area contributed by atoms with Gasteiger partial charge in [-0.15, -0.1) is 0 Å². The molecule has 0 spiro atoms. The van der Waals surface area contributed by atoms with Gasteiger partial charge in [-0.25, -0.2) is 4.21 Å². The maximum Gasteiger partial charge on any atom is 0.263 e. The zero-order valence-electron chi connectivity index (χ0n) is 24.9. The molecule has 2 aromatic carbocycles. The maximum absolute atomic E-state index is 13.1. The Bertz CT molecular complexity index is 1260. The fourth-order valence-electron chi connectivity index (χ4n) is 6.60. The van der Waals surface area contributed by atoms with E-state index >= 15 is 0 Å². The fourth-order valence-corrected chi connectivity index (χ4v) is 7.33. The summed E-state index contributed by atoms with van der Waals surface area (Å²) in [6, 6.07) is 11.9. The number of benzene rings is 2. The lowest BCUT2D eigenvalue weighted by Gasteiger charge is -2.44. The van der Waals surface area contributed by atoms with Crippen molar-refractivity contribution in [1.29, 1.82) is 0 Å². The van der Waals surface area contributed by atoms with Crippen LogP contribution < -0.4 is 14.4 Å². The highest BCUT2D eigenvalue weighted by Gasteiger charge is 2.56. The van der Waals surface area contributed by atoms with E-state index in [2.05, 4.69) is 35.6 Å². The summed E-state index contributed by atoms with van der Waals surface area (Å²) in [6.07, 6.45) is 7.97. The van der Waals surface area contributed by atoms with Gasteiger partial charge in [-0.1, -0.05) is 50.8 Å². The number of fused-ring (bicyclic) bond motifs is 1. The standard InChI is InChI=1S/C33H45ClN2O4S/c1-5-7-15-33(21-40-33)29-13-9-25(29)18-36-19-26(28-12-11-27(34)16-23(28)8-6-2)20-39-31-14-10-24(17-30(31)36)32(37)35-41(38)22(3)4/h10-12,14,16-17,22,25-26,29H,5-9,13,15,18-21H2,1-4H3,(H,35,37). The Morgan fingerprint density at radius 1 is 1.17 bits per heavy atom. The van der Waals surface area contributed by atoms with E-state index in [-0.39, 0.29) is 22.7 Å². The number of nitrogens with zero attached hydrogens (tertiary/aromatic N) is 1. The zero-order chi connectivity index (χ0) is 29.1. The molecule has 2 fully saturated rings. The van der Waals surface area contributed by atoms with Crippen molar-refractivity contribution in [2.75, 3.05) is 31.2 Å². The van der Waals surface area contributed by atoms with Crippen molar-refractivity contribution < 1.29 is 18.5 Å². The number of hydrogen-bond acceptors (Lipinski definition) is 5. The smallest absolute Gasteiger partial charge is 0.263 e. The van der Waals surface area contributed by atoms with Crippen LogP contribution in [0.25, 0.3) is 0 Å². The summed E-state index contributed by atoms with van der Waals surface area (Å²) in [5, 5.41) is 0.609. The lowest BCUT2D eigenvalue weighted by Crippen LogP contribution is -2.46. The summed E-state index contributed by atoms with van der Waals surface area (Å²) in [6.45, 7) is 11.2. The molecular formula is C33H45ClN2O4S. The third-order valence-corrected chi connectivity index (χ3v) is 10.6. The number of hydrogen-bond donors (Lipinski definition) is 1. The van der Waals surface area contributed by atoms with Crippen molar-refractivity contribution in [2.24, 2.45) is 11.8 Å². The van der Waals surface area contributed by atoms with Crippen LogP contribution >= 0.6 is 11.6 Å². The number of anilines is 1. The summed E-state index contributed by atoms with van der Waals surface area (Å²) < 4.78 is 27.6. The number of ether oxygens (including phenoxy) is 2. The van der Waals surface area contributed by atoms with Gasteiger partial charge in [0, 0.05) is 34.8 Å². The number of carbonyl (C=O) groups excluding carboxylic acids is 1. The summed E-state index contributed by atoms with van der Waals surface area (Å²) in [7, 11) is -1.43. The predicted octanol–water partition coefficient (Wildman–Crippen LogP) is 7.06. The number of epoxide rings is 1. The van der Waals surface area contributed by atoms with Crippen LogP contribution in [0.2, 0.25) is 5.02 Å². The van der Waals surface area contributed by atoms with E-state index in [9.17, 15) is 9.00 Å². The largest absolute Gasteiger partial charge is 0.491 e. The minimum Gasteiger partial charge on any atom is -0.491 e. The van der Waals surface area contributed by atoms with Gasteiger partial charge in [-0.3, -0.25) is 9.52 Å². The molecule has 1 saturated carbocycles. The number of nitrogens with one attached hydrogen (secondary N) is 1. The first-order chi connectivity index (χ1) is 19.7. The van der Waals surface area contributed by atoms with Crippen LogP contribution in [0.1, 0.15) is 93.6 Å². The van der Waals surface area contributed by atoms with Gasteiger partial charge < -0.3 is 14.4 Å². The second-order valence-corrected chi connectivity index (χ2v) is 14.5. The monoisotopic (exact) mass is 600 g/mol. The SMILES string of the molecule is CCCCC1(C2CCC2CN2CC(c3ccc(Cl)cc3CCC)COc3ccc(C(=O)NS(=O)C(C)C)cc32)CO1. The number of rotatable bonds is 12. The first kappa shape index (κ1) is 30.4. The number of unbranched alkanes of at least 4 members (excludes halogenated alkanes) is 1. The molecule has 41 heavy (non-hydrogen) atoms. The number of carbonyl (C=O) groups is 1. The van der Waals surface area contributed by atoms with Gasteiger partial charge in [-0.05, 0) is 92.8 Å². The first-order valence-corrected chi connectivity index (χ1v) is 17.0. The van der Waals surface area contributed by atoms with Crippen molar-refractivity contribution in [1.82, 2.24) is 4.72 Å². The van der Waals surface area contributed by atoms with E-state index in [1.807, 2.05) is 32.0 Å². The fraction of sp³-hybridized carbons (Fsp3) is 0.606. The minimum atomic E-state index is -1.43. The molecule has 5 unspecified atom stereocenters. The van der Waals surface area contributed by atoms with Crippen LogP contribution in [0.4, 0.5) is 5.69 Å². The Kier molecular flexibility index (Phi) is 9.67. The lowest BCUT2D eigenvalue weighted by molar-refractivity contribution is 0.0658. The molecule has 3 aliphatic rings. The van der Waals surface area contributed by atoms with Gasteiger partial charge in [-0.2, -0.15) is 0 Å². The van der Waals surface area contributed by atoms with Crippen LogP contribution in [-0.4, -0.2) is 47.3 Å². The molecular weight excluding hydrogens is 556 g/mol. The summed E-state index contributed by atoms with van der Waals surface area (Å²) in [5.41, 5.74) is 4.07. The average Bonchev–Trinajstić information content (AvgIpc) is 3.73. The Labute approximate surface area is 253 Å². The normalized spacial score (nSPS) is 26.0. The van der Waals surface area contributed by atoms with Crippen LogP contribution in [0.15, 0.2) is 36.4 Å². The predicted molar refractivity (Wildman–Crippen MR) is 168 cm³/mol. The quantitative estimate of drug-likeness (QED) is 0.264. The summed E-state index contributed by atoms with van der Waals surface area (Å²) >= 11 is 6.41. The van der Waals surface area contributed by atoms with Gasteiger partial charge in [0.1, 0.15) is 16.7 Å². The topological polar surface area (TPSA) is 71.2 Å². The van der Waals surface area contributed by atoms with Crippen molar-refractivity contribution in [3.05, 3.63) is 58.1 Å². The molecule has 5 atom stereocenters. The number of amides is 1. The third kappa shape index (κ3) is 6.78. The molecule has 6 nitrogen and oxygen atoms in total. The second-order valence-electron chi connectivity index (χ2n) is 12.4. The number of aryl methyl sites for hydroxylation is 1. The van der Waals surface area contributed by atoms with Crippen LogP contribution in [-0.2, 0) is 22.1 Å². The third-order valence-electron chi connectivity index (χ3n) is 9.15. The van der Waals surface area contributed by atoms with Gasteiger partial charge >= 0.3 is 0 Å². The van der Waals surface area contributed by atoms with E-state index in [0.29, 0.717) is 24.0 Å². The van der Waals surface area contributed by atoms with Crippen LogP contribution in [0.5, 0.6) is 5.75 Å². The molecule has 0 bridgehead atoms. The zero-order valence-corrected chi connectivity index (χ0v) is 26.5. The van der Waals surface area contributed by atoms with Crippen LogP contribution in [0, 0.1) is 11.8 Å². The lowest BCUT2D eigenvalue weighted by atomic mass is 9.65. The Balaban J connectivity index is 1.45. The van der Waals surface area contributed by atoms with Crippen molar-refractivity contribution >= 4 is 34.2 Å². The molecule has 2 aromatic rings. The van der Waals surface area contributed by atoms with E-state index in [0.717, 1.165) is 55.4 Å². The molecule has 8 heteroatoms. The van der Waals surface area contributed by atoms with E-state index in [1.165, 1.54) is 36.8 Å². The molecule has 1 saturated heterocycles. The average molecular weight is 601 g/mol. The number of halogens is 1. The van der Waals surface area contributed by atoms with Gasteiger partial charge in [0.15, 0.2) is 0 Å². The molecule has 1 amide bonds. The van der Waals surface area contributed by atoms with Gasteiger partial charge in [0.05, 0.1) is 24.5 Å².